The number of thioether (sulfide) groups is 1. The van der Waals surface area contributed by atoms with Crippen LogP contribution < -0.4 is 4.90 Å². The lowest BCUT2D eigenvalue weighted by Crippen LogP contribution is -2.39. The van der Waals surface area contributed by atoms with Gasteiger partial charge in [-0.3, -0.25) is 9.69 Å². The molecule has 5 rings (SSSR count). The van der Waals surface area contributed by atoms with Gasteiger partial charge in [0.05, 0.1) is 23.6 Å². The fourth-order valence-corrected chi connectivity index (χ4v) is 5.92. The van der Waals surface area contributed by atoms with Gasteiger partial charge in [-0.05, 0) is 31.1 Å². The number of ether oxygens (including phenoxy) is 1. The van der Waals surface area contributed by atoms with E-state index in [2.05, 4.69) is 17.0 Å². The second-order valence-corrected chi connectivity index (χ2v) is 9.71. The number of para-hydroxylation sites is 1. The molecule has 0 unspecified atom stereocenters. The van der Waals surface area contributed by atoms with E-state index in [0.29, 0.717) is 22.4 Å². The molecule has 2 saturated heterocycles. The zero-order valence-electron chi connectivity index (χ0n) is 16.9. The van der Waals surface area contributed by atoms with E-state index in [9.17, 15) is 4.79 Å². The number of amides is 1. The quantitative estimate of drug-likeness (QED) is 0.514. The van der Waals surface area contributed by atoms with Crippen molar-refractivity contribution in [2.45, 2.75) is 38.1 Å². The molecule has 5 nitrogen and oxygen atoms in total. The number of nitrogens with zero attached hydrogens (tertiary/aromatic N) is 3. The lowest BCUT2D eigenvalue weighted by molar-refractivity contribution is -0.124. The van der Waals surface area contributed by atoms with Crippen molar-refractivity contribution in [3.8, 4) is 0 Å². The molecule has 156 valence electrons. The standard InChI is InChI=1S/C23H25N3O2S2/c27-22-20(30-23(29)26(22)18-7-2-1-3-8-18)15-17-14-16-6-4-5-9-19(16)24-21(17)25-10-12-28-13-11-25/h4-6,9,14-15,18H,1-3,7-8,10-13H2/b20-15-. The van der Waals surface area contributed by atoms with E-state index in [1.807, 2.05) is 29.2 Å². The number of fused-ring (bicyclic) bond motifs is 1. The number of hydrogen-bond donors (Lipinski definition) is 0. The van der Waals surface area contributed by atoms with Crippen molar-refractivity contribution < 1.29 is 9.53 Å². The van der Waals surface area contributed by atoms with E-state index >= 15 is 0 Å². The molecule has 1 aromatic carbocycles. The minimum atomic E-state index is 0.0537. The van der Waals surface area contributed by atoms with Crippen molar-refractivity contribution in [3.63, 3.8) is 0 Å². The number of hydrogen-bond acceptors (Lipinski definition) is 6. The molecular weight excluding hydrogens is 414 g/mol. The first-order valence-electron chi connectivity index (χ1n) is 10.7. The van der Waals surface area contributed by atoms with Gasteiger partial charge in [-0.1, -0.05) is 61.4 Å². The van der Waals surface area contributed by atoms with Gasteiger partial charge in [0.15, 0.2) is 0 Å². The monoisotopic (exact) mass is 439 g/mol. The summed E-state index contributed by atoms with van der Waals surface area (Å²) >= 11 is 7.04. The molecule has 2 aromatic rings. The Labute approximate surface area is 186 Å². The smallest absolute Gasteiger partial charge is 0.266 e. The zero-order valence-corrected chi connectivity index (χ0v) is 18.5. The molecule has 3 heterocycles. The summed E-state index contributed by atoms with van der Waals surface area (Å²) in [7, 11) is 0. The van der Waals surface area contributed by atoms with E-state index in [-0.39, 0.29) is 11.9 Å². The highest BCUT2D eigenvalue weighted by atomic mass is 32.2. The molecule has 0 bridgehead atoms. The number of morpholine rings is 1. The van der Waals surface area contributed by atoms with Crippen LogP contribution in [0.5, 0.6) is 0 Å². The predicted molar refractivity (Wildman–Crippen MR) is 127 cm³/mol. The first-order chi connectivity index (χ1) is 14.7. The van der Waals surface area contributed by atoms with Gasteiger partial charge >= 0.3 is 0 Å². The van der Waals surface area contributed by atoms with Crippen LogP contribution in [-0.4, -0.2) is 52.5 Å². The Morgan fingerprint density at radius 3 is 2.70 bits per heavy atom. The number of pyridine rings is 1. The SMILES string of the molecule is O=C1/C(=C/c2cc3ccccc3nc2N2CCOCC2)SC(=S)N1C1CCCCC1. The average molecular weight is 440 g/mol. The maximum atomic E-state index is 13.3. The summed E-state index contributed by atoms with van der Waals surface area (Å²) in [5.74, 6) is 0.970. The molecule has 1 aliphatic carbocycles. The summed E-state index contributed by atoms with van der Waals surface area (Å²) in [4.78, 5) is 23.0. The molecule has 1 aromatic heterocycles. The van der Waals surface area contributed by atoms with Gasteiger partial charge < -0.3 is 9.64 Å². The molecule has 0 N–H and O–H groups in total. The van der Waals surface area contributed by atoms with Gasteiger partial charge in [0.1, 0.15) is 10.1 Å². The number of anilines is 1. The fourth-order valence-electron chi connectivity index (χ4n) is 4.53. The maximum Gasteiger partial charge on any atom is 0.266 e. The summed E-state index contributed by atoms with van der Waals surface area (Å²) in [5, 5.41) is 1.07. The third kappa shape index (κ3) is 3.86. The molecule has 7 heteroatoms. The molecular formula is C23H25N3O2S2. The molecule has 30 heavy (non-hydrogen) atoms. The van der Waals surface area contributed by atoms with Crippen LogP contribution in [0, 0.1) is 0 Å². The second kappa shape index (κ2) is 8.65. The van der Waals surface area contributed by atoms with Crippen LogP contribution in [0.4, 0.5) is 5.82 Å². The molecule has 1 saturated carbocycles. The minimum Gasteiger partial charge on any atom is -0.378 e. The van der Waals surface area contributed by atoms with Gasteiger partial charge in [-0.15, -0.1) is 0 Å². The number of carbonyl (C=O) groups excluding carboxylic acids is 1. The van der Waals surface area contributed by atoms with Gasteiger partial charge in [0, 0.05) is 30.1 Å². The second-order valence-electron chi connectivity index (χ2n) is 8.04. The van der Waals surface area contributed by atoms with E-state index < -0.39 is 0 Å². The zero-order chi connectivity index (χ0) is 20.5. The number of rotatable bonds is 3. The Hall–Kier alpha value is -1.96. The van der Waals surface area contributed by atoms with Crippen LogP contribution in [0.1, 0.15) is 37.7 Å². The molecule has 3 fully saturated rings. The third-order valence-electron chi connectivity index (χ3n) is 6.09. The van der Waals surface area contributed by atoms with Crippen LogP contribution in [0.3, 0.4) is 0 Å². The Morgan fingerprint density at radius 2 is 1.90 bits per heavy atom. The lowest BCUT2D eigenvalue weighted by atomic mass is 9.94. The summed E-state index contributed by atoms with van der Waals surface area (Å²) in [5.41, 5.74) is 1.94. The highest BCUT2D eigenvalue weighted by Crippen LogP contribution is 2.38. The molecule has 2 aliphatic heterocycles. The van der Waals surface area contributed by atoms with Crippen LogP contribution in [0.15, 0.2) is 35.2 Å². The van der Waals surface area contributed by atoms with Crippen molar-refractivity contribution in [1.29, 1.82) is 0 Å². The number of benzene rings is 1. The molecule has 0 spiro atoms. The van der Waals surface area contributed by atoms with E-state index in [1.165, 1.54) is 31.0 Å². The van der Waals surface area contributed by atoms with Gasteiger partial charge in [-0.25, -0.2) is 4.98 Å². The predicted octanol–water partition coefficient (Wildman–Crippen LogP) is 4.61. The Kier molecular flexibility index (Phi) is 5.76. The van der Waals surface area contributed by atoms with E-state index in [1.54, 1.807) is 0 Å². The summed E-state index contributed by atoms with van der Waals surface area (Å²) < 4.78 is 6.22. The highest BCUT2D eigenvalue weighted by Gasteiger charge is 2.37. The van der Waals surface area contributed by atoms with Gasteiger partial charge in [0.2, 0.25) is 0 Å². The first kappa shape index (κ1) is 20.0. The fraction of sp³-hybridized carbons (Fsp3) is 0.435. The van der Waals surface area contributed by atoms with Crippen LogP contribution >= 0.6 is 24.0 Å². The normalized spacial score (nSPS) is 22.5. The topological polar surface area (TPSA) is 45.7 Å². The van der Waals surface area contributed by atoms with Crippen LogP contribution in [0.2, 0.25) is 0 Å². The first-order valence-corrected chi connectivity index (χ1v) is 11.9. The largest absolute Gasteiger partial charge is 0.378 e. The van der Waals surface area contributed by atoms with Crippen molar-refractivity contribution in [2.24, 2.45) is 0 Å². The molecule has 1 amide bonds. The van der Waals surface area contributed by atoms with Crippen molar-refractivity contribution in [2.75, 3.05) is 31.2 Å². The molecule has 3 aliphatic rings. The lowest BCUT2D eigenvalue weighted by Gasteiger charge is -2.30. The molecule has 0 atom stereocenters. The van der Waals surface area contributed by atoms with Crippen molar-refractivity contribution in [3.05, 3.63) is 40.8 Å². The number of thiocarbonyl (C=S) groups is 1. The minimum absolute atomic E-state index is 0.0537. The Balaban J connectivity index is 1.52. The maximum absolute atomic E-state index is 13.3. The Morgan fingerprint density at radius 1 is 1.13 bits per heavy atom. The molecule has 0 radical (unpaired) electrons. The van der Waals surface area contributed by atoms with Gasteiger partial charge in [0.25, 0.3) is 5.91 Å². The number of aromatic nitrogens is 1. The Bertz CT molecular complexity index is 1010. The third-order valence-corrected chi connectivity index (χ3v) is 7.42. The van der Waals surface area contributed by atoms with Gasteiger partial charge in [-0.2, -0.15) is 0 Å². The number of carbonyl (C=O) groups is 1. The van der Waals surface area contributed by atoms with Crippen LogP contribution in [-0.2, 0) is 9.53 Å². The van der Waals surface area contributed by atoms with E-state index in [4.69, 9.17) is 21.9 Å². The van der Waals surface area contributed by atoms with E-state index in [0.717, 1.165) is 48.2 Å². The average Bonchev–Trinajstić information content (AvgIpc) is 3.07. The van der Waals surface area contributed by atoms with Crippen molar-refractivity contribution >= 4 is 57.0 Å². The summed E-state index contributed by atoms with van der Waals surface area (Å²) in [6.07, 6.45) is 7.71. The summed E-state index contributed by atoms with van der Waals surface area (Å²) in [6, 6.07) is 10.5. The van der Waals surface area contributed by atoms with Crippen molar-refractivity contribution in [1.82, 2.24) is 9.88 Å². The highest BCUT2D eigenvalue weighted by molar-refractivity contribution is 8.26. The van der Waals surface area contributed by atoms with Crippen LogP contribution in [0.25, 0.3) is 17.0 Å². The summed E-state index contributed by atoms with van der Waals surface area (Å²) in [6.45, 7) is 2.99.